The summed E-state index contributed by atoms with van der Waals surface area (Å²) >= 11 is 6.11. The minimum atomic E-state index is -0.482. The van der Waals surface area contributed by atoms with Crippen LogP contribution in [-0.4, -0.2) is 29.9 Å². The van der Waals surface area contributed by atoms with Gasteiger partial charge in [-0.25, -0.2) is 4.79 Å². The maximum atomic E-state index is 12.8. The van der Waals surface area contributed by atoms with E-state index in [0.29, 0.717) is 27.5 Å². The van der Waals surface area contributed by atoms with Crippen molar-refractivity contribution < 1.29 is 14.3 Å². The second kappa shape index (κ2) is 7.09. The molecule has 0 radical (unpaired) electrons. The lowest BCUT2D eigenvalue weighted by Gasteiger charge is -2.16. The van der Waals surface area contributed by atoms with Crippen molar-refractivity contribution in [3.8, 4) is 0 Å². The smallest absolute Gasteiger partial charge is 0.339 e. The number of nitrogens with one attached hydrogen (secondary N) is 2. The summed E-state index contributed by atoms with van der Waals surface area (Å²) in [5.41, 5.74) is 3.72. The second-order valence-corrected chi connectivity index (χ2v) is 6.17. The number of methoxy groups -OCH3 is 1. The van der Waals surface area contributed by atoms with Crippen LogP contribution < -0.4 is 5.32 Å². The van der Waals surface area contributed by atoms with E-state index in [1.165, 1.54) is 7.11 Å². The van der Waals surface area contributed by atoms with Gasteiger partial charge < -0.3 is 15.0 Å². The SMILES string of the molecule is COC(=O)c1c(C)[nH]c(C(=O)[C@H](C)Nc2cccc(Cl)c2C)c1C. The van der Waals surface area contributed by atoms with Crippen molar-refractivity contribution in [2.45, 2.75) is 33.7 Å². The number of hydrogen-bond acceptors (Lipinski definition) is 4. The summed E-state index contributed by atoms with van der Waals surface area (Å²) < 4.78 is 4.78. The average molecular weight is 349 g/mol. The van der Waals surface area contributed by atoms with Gasteiger partial charge in [0, 0.05) is 16.4 Å². The van der Waals surface area contributed by atoms with Crippen LogP contribution in [0.25, 0.3) is 0 Å². The van der Waals surface area contributed by atoms with Gasteiger partial charge in [0.25, 0.3) is 0 Å². The van der Waals surface area contributed by atoms with Crippen LogP contribution in [0.1, 0.15) is 44.6 Å². The number of rotatable bonds is 5. The first-order valence-corrected chi connectivity index (χ1v) is 7.99. The molecule has 6 heteroatoms. The molecule has 0 aliphatic heterocycles. The summed E-state index contributed by atoms with van der Waals surface area (Å²) in [4.78, 5) is 27.6. The fraction of sp³-hybridized carbons (Fsp3) is 0.333. The molecule has 1 aromatic heterocycles. The number of aryl methyl sites for hydroxylation is 1. The monoisotopic (exact) mass is 348 g/mol. The summed E-state index contributed by atoms with van der Waals surface area (Å²) in [5, 5.41) is 3.82. The van der Waals surface area contributed by atoms with Crippen LogP contribution in [-0.2, 0) is 4.74 Å². The minimum absolute atomic E-state index is 0.134. The van der Waals surface area contributed by atoms with Gasteiger partial charge in [-0.15, -0.1) is 0 Å². The normalized spacial score (nSPS) is 11.9. The van der Waals surface area contributed by atoms with E-state index >= 15 is 0 Å². The number of halogens is 1. The molecule has 0 amide bonds. The zero-order valence-electron chi connectivity index (χ0n) is 14.4. The molecule has 128 valence electrons. The van der Waals surface area contributed by atoms with Crippen LogP contribution in [0.2, 0.25) is 5.02 Å². The van der Waals surface area contributed by atoms with Crippen LogP contribution in [0, 0.1) is 20.8 Å². The van der Waals surface area contributed by atoms with Crippen molar-refractivity contribution in [2.24, 2.45) is 0 Å². The minimum Gasteiger partial charge on any atom is -0.465 e. The highest BCUT2D eigenvalue weighted by Crippen LogP contribution is 2.25. The fourth-order valence-electron chi connectivity index (χ4n) is 2.68. The Balaban J connectivity index is 2.29. The third-order valence-electron chi connectivity index (χ3n) is 4.11. The van der Waals surface area contributed by atoms with Gasteiger partial charge in [0.1, 0.15) is 0 Å². The maximum absolute atomic E-state index is 12.8. The van der Waals surface area contributed by atoms with Crippen molar-refractivity contribution in [1.29, 1.82) is 0 Å². The van der Waals surface area contributed by atoms with Crippen molar-refractivity contribution in [3.63, 3.8) is 0 Å². The summed E-state index contributed by atoms with van der Waals surface area (Å²) in [6.45, 7) is 7.15. The van der Waals surface area contributed by atoms with Gasteiger partial charge in [-0.05, 0) is 51.0 Å². The Kier molecular flexibility index (Phi) is 5.34. The van der Waals surface area contributed by atoms with Crippen molar-refractivity contribution >= 4 is 29.0 Å². The summed E-state index contributed by atoms with van der Waals surface area (Å²) in [6.07, 6.45) is 0. The molecule has 0 unspecified atom stereocenters. The highest BCUT2D eigenvalue weighted by atomic mass is 35.5. The lowest BCUT2D eigenvalue weighted by atomic mass is 10.0. The Labute approximate surface area is 146 Å². The molecule has 0 saturated heterocycles. The standard InChI is InChI=1S/C18H21ClN2O3/c1-9-13(19)7-6-8-14(9)20-12(4)17(22)16-10(2)15(11(3)21-16)18(23)24-5/h6-8,12,20-21H,1-5H3/t12-/m0/s1. The Hall–Kier alpha value is -2.27. The molecule has 5 nitrogen and oxygen atoms in total. The predicted molar refractivity (Wildman–Crippen MR) is 95.2 cm³/mol. The van der Waals surface area contributed by atoms with Gasteiger partial charge in [0.2, 0.25) is 5.78 Å². The molecular formula is C18H21ClN2O3. The molecule has 1 heterocycles. The van der Waals surface area contributed by atoms with E-state index in [2.05, 4.69) is 10.3 Å². The summed E-state index contributed by atoms with van der Waals surface area (Å²) in [7, 11) is 1.32. The van der Waals surface area contributed by atoms with E-state index in [1.54, 1.807) is 26.8 Å². The molecule has 0 fully saturated rings. The molecule has 1 aromatic carbocycles. The van der Waals surface area contributed by atoms with E-state index < -0.39 is 12.0 Å². The van der Waals surface area contributed by atoms with Gasteiger partial charge in [-0.3, -0.25) is 4.79 Å². The number of H-pyrrole nitrogens is 1. The lowest BCUT2D eigenvalue weighted by molar-refractivity contribution is 0.0599. The molecule has 0 spiro atoms. The van der Waals surface area contributed by atoms with Gasteiger partial charge in [-0.1, -0.05) is 17.7 Å². The molecular weight excluding hydrogens is 328 g/mol. The summed E-state index contributed by atoms with van der Waals surface area (Å²) in [6, 6.07) is 5.02. The third kappa shape index (κ3) is 3.31. The number of aromatic nitrogens is 1. The molecule has 2 aromatic rings. The number of ketones is 1. The molecule has 0 saturated carbocycles. The molecule has 0 aliphatic carbocycles. The van der Waals surface area contributed by atoms with Crippen LogP contribution >= 0.6 is 11.6 Å². The van der Waals surface area contributed by atoms with Crippen molar-refractivity contribution in [2.75, 3.05) is 12.4 Å². The number of Topliss-reactive ketones (excluding diaryl/α,β-unsaturated/α-hetero) is 1. The highest BCUT2D eigenvalue weighted by molar-refractivity contribution is 6.31. The van der Waals surface area contributed by atoms with Crippen LogP contribution in [0.4, 0.5) is 5.69 Å². The number of carbonyl (C=O) groups excluding carboxylic acids is 2. The van der Waals surface area contributed by atoms with Crippen LogP contribution in [0.15, 0.2) is 18.2 Å². The number of benzene rings is 1. The number of hydrogen-bond donors (Lipinski definition) is 2. The van der Waals surface area contributed by atoms with Gasteiger partial charge in [0.05, 0.1) is 24.4 Å². The number of ether oxygens (including phenoxy) is 1. The van der Waals surface area contributed by atoms with Gasteiger partial charge in [0.15, 0.2) is 0 Å². The van der Waals surface area contributed by atoms with Gasteiger partial charge >= 0.3 is 5.97 Å². The zero-order valence-corrected chi connectivity index (χ0v) is 15.2. The molecule has 0 aliphatic rings. The Morgan fingerprint density at radius 1 is 1.21 bits per heavy atom. The topological polar surface area (TPSA) is 71.2 Å². The highest BCUT2D eigenvalue weighted by Gasteiger charge is 2.25. The quantitative estimate of drug-likeness (QED) is 0.631. The Morgan fingerprint density at radius 3 is 2.50 bits per heavy atom. The zero-order chi connectivity index (χ0) is 18.0. The summed E-state index contributed by atoms with van der Waals surface area (Å²) in [5.74, 6) is -0.586. The number of aromatic amines is 1. The first kappa shape index (κ1) is 18.1. The molecule has 2 rings (SSSR count). The molecule has 1 atom stereocenters. The number of anilines is 1. The van der Waals surface area contributed by atoms with E-state index in [-0.39, 0.29) is 5.78 Å². The fourth-order valence-corrected chi connectivity index (χ4v) is 2.86. The van der Waals surface area contributed by atoms with E-state index in [9.17, 15) is 9.59 Å². The molecule has 2 N–H and O–H groups in total. The Morgan fingerprint density at radius 2 is 1.88 bits per heavy atom. The predicted octanol–water partition coefficient (Wildman–Crippen LogP) is 4.06. The van der Waals surface area contributed by atoms with Crippen molar-refractivity contribution in [1.82, 2.24) is 4.98 Å². The lowest BCUT2D eigenvalue weighted by Crippen LogP contribution is -2.27. The molecule has 24 heavy (non-hydrogen) atoms. The van der Waals surface area contributed by atoms with Crippen molar-refractivity contribution in [3.05, 3.63) is 51.3 Å². The first-order chi connectivity index (χ1) is 11.3. The average Bonchev–Trinajstić information content (AvgIpc) is 2.85. The van der Waals surface area contributed by atoms with E-state index in [1.807, 2.05) is 19.1 Å². The van der Waals surface area contributed by atoms with E-state index in [0.717, 1.165) is 11.3 Å². The van der Waals surface area contributed by atoms with Gasteiger partial charge in [-0.2, -0.15) is 0 Å². The number of carbonyl (C=O) groups is 2. The molecule has 0 bridgehead atoms. The van der Waals surface area contributed by atoms with Crippen LogP contribution in [0.5, 0.6) is 0 Å². The Bertz CT molecular complexity index is 796. The maximum Gasteiger partial charge on any atom is 0.339 e. The van der Waals surface area contributed by atoms with E-state index in [4.69, 9.17) is 16.3 Å². The van der Waals surface area contributed by atoms with Crippen LogP contribution in [0.3, 0.4) is 0 Å². The largest absolute Gasteiger partial charge is 0.465 e. The third-order valence-corrected chi connectivity index (χ3v) is 4.52. The second-order valence-electron chi connectivity index (χ2n) is 5.76. The first-order valence-electron chi connectivity index (χ1n) is 7.61. The number of esters is 1.